The Labute approximate surface area is 220 Å². The van der Waals surface area contributed by atoms with Gasteiger partial charge >= 0.3 is 18.3 Å². The number of benzene rings is 1. The van der Waals surface area contributed by atoms with E-state index in [9.17, 15) is 31.4 Å². The molecule has 4 rings (SSSR count). The number of β-amino-alcohol motifs (C(OH)–C–C–N with tert-alkyl or cyclic N) is 1. The second kappa shape index (κ2) is 12.5. The number of carboxylic acids is 1. The van der Waals surface area contributed by atoms with Crippen molar-refractivity contribution in [2.24, 2.45) is 0 Å². The first-order chi connectivity index (χ1) is 17.7. The number of aromatic nitrogens is 1. The van der Waals surface area contributed by atoms with Crippen LogP contribution in [-0.2, 0) is 17.5 Å². The van der Waals surface area contributed by atoms with Crippen LogP contribution < -0.4 is 10.2 Å². The van der Waals surface area contributed by atoms with Gasteiger partial charge in [-0.1, -0.05) is 29.8 Å². The lowest BCUT2D eigenvalue weighted by Crippen LogP contribution is -2.49. The topological polar surface area (TPSA) is 88.9 Å². The van der Waals surface area contributed by atoms with E-state index >= 15 is 0 Å². The quantitative estimate of drug-likeness (QED) is 0.466. The van der Waals surface area contributed by atoms with Crippen LogP contribution >= 0.6 is 11.6 Å². The van der Waals surface area contributed by atoms with E-state index in [0.29, 0.717) is 6.54 Å². The Balaban J connectivity index is 0.000000505. The molecule has 2 aromatic rings. The fourth-order valence-electron chi connectivity index (χ4n) is 4.30. The summed E-state index contributed by atoms with van der Waals surface area (Å²) in [6.45, 7) is 3.47. The normalized spacial score (nSPS) is 21.2. The van der Waals surface area contributed by atoms with Crippen molar-refractivity contribution >= 4 is 23.4 Å². The molecule has 14 heteroatoms. The minimum Gasteiger partial charge on any atom is -0.475 e. The van der Waals surface area contributed by atoms with Crippen molar-refractivity contribution < 1.29 is 41.4 Å². The van der Waals surface area contributed by atoms with Gasteiger partial charge in [0.15, 0.2) is 0 Å². The van der Waals surface area contributed by atoms with E-state index in [1.165, 1.54) is 11.6 Å². The molecule has 2 aliphatic heterocycles. The van der Waals surface area contributed by atoms with Gasteiger partial charge in [-0.25, -0.2) is 9.78 Å². The Bertz CT molecular complexity index is 1060. The highest BCUT2D eigenvalue weighted by molar-refractivity contribution is 6.30. The number of halogens is 7. The van der Waals surface area contributed by atoms with Crippen LogP contribution in [0.5, 0.6) is 0 Å². The fourth-order valence-corrected chi connectivity index (χ4v) is 4.43. The van der Waals surface area contributed by atoms with E-state index in [2.05, 4.69) is 15.2 Å². The number of rotatable bonds is 5. The van der Waals surface area contributed by atoms with Gasteiger partial charge in [-0.2, -0.15) is 26.3 Å². The van der Waals surface area contributed by atoms with Crippen LogP contribution in [0.4, 0.5) is 32.2 Å². The average molecular weight is 569 g/mol. The summed E-state index contributed by atoms with van der Waals surface area (Å²) in [7, 11) is 0. The summed E-state index contributed by atoms with van der Waals surface area (Å²) >= 11 is 5.94. The number of nitrogens with one attached hydrogen (secondary N) is 1. The molecule has 38 heavy (non-hydrogen) atoms. The van der Waals surface area contributed by atoms with Crippen molar-refractivity contribution in [1.82, 2.24) is 15.2 Å². The van der Waals surface area contributed by atoms with Crippen LogP contribution in [0.1, 0.15) is 24.1 Å². The van der Waals surface area contributed by atoms with E-state index in [0.717, 1.165) is 43.6 Å². The summed E-state index contributed by atoms with van der Waals surface area (Å²) < 4.78 is 70.6. The number of anilines is 1. The molecule has 1 aromatic heterocycles. The maximum atomic E-state index is 13.0. The number of hydrogen-bond donors (Lipinski definition) is 3. The molecule has 3 N–H and O–H groups in total. The third-order valence-corrected chi connectivity index (χ3v) is 6.49. The van der Waals surface area contributed by atoms with Gasteiger partial charge in [0.2, 0.25) is 0 Å². The molecule has 0 spiro atoms. The molecule has 0 unspecified atom stereocenters. The second-order valence-corrected chi connectivity index (χ2v) is 9.54. The van der Waals surface area contributed by atoms with Crippen LogP contribution in [0.25, 0.3) is 0 Å². The molecule has 2 atom stereocenters. The summed E-state index contributed by atoms with van der Waals surface area (Å²) in [6, 6.07) is 11.8. The molecule has 1 aromatic carbocycles. The summed E-state index contributed by atoms with van der Waals surface area (Å²) in [4.78, 5) is 16.7. The van der Waals surface area contributed by atoms with Crippen molar-refractivity contribution in [3.8, 4) is 0 Å². The molecule has 2 saturated heterocycles. The fraction of sp³-hybridized carbons (Fsp3) is 0.500. The van der Waals surface area contributed by atoms with Gasteiger partial charge in [0.05, 0.1) is 12.1 Å². The van der Waals surface area contributed by atoms with Gasteiger partial charge in [0.25, 0.3) is 0 Å². The van der Waals surface area contributed by atoms with E-state index < -0.39 is 30.1 Å². The highest BCUT2D eigenvalue weighted by Crippen LogP contribution is 2.30. The highest BCUT2D eigenvalue weighted by atomic mass is 35.5. The zero-order valence-corrected chi connectivity index (χ0v) is 20.8. The first-order valence-electron chi connectivity index (χ1n) is 11.7. The minimum atomic E-state index is -5.08. The average Bonchev–Trinajstić information content (AvgIpc) is 3.21. The first-order valence-corrected chi connectivity index (χ1v) is 12.1. The lowest BCUT2D eigenvalue weighted by Gasteiger charge is -2.34. The van der Waals surface area contributed by atoms with Crippen molar-refractivity contribution in [3.05, 3.63) is 58.7 Å². The van der Waals surface area contributed by atoms with Crippen LogP contribution in [0.3, 0.4) is 0 Å². The number of aliphatic hydroxyl groups is 1. The molecule has 7 nitrogen and oxygen atoms in total. The largest absolute Gasteiger partial charge is 0.490 e. The number of hydrogen-bond acceptors (Lipinski definition) is 6. The van der Waals surface area contributed by atoms with Crippen LogP contribution in [0, 0.1) is 0 Å². The number of alkyl halides is 6. The number of carbonyl (C=O) groups is 1. The Hall–Kier alpha value is -2.61. The molecular weight excluding hydrogens is 542 g/mol. The zero-order valence-electron chi connectivity index (χ0n) is 20.0. The molecular formula is C24H27ClF6N4O3. The predicted molar refractivity (Wildman–Crippen MR) is 128 cm³/mol. The number of aliphatic carboxylic acids is 1. The Kier molecular flexibility index (Phi) is 9.85. The maximum absolute atomic E-state index is 13.0. The minimum absolute atomic E-state index is 0.191. The third-order valence-electron chi connectivity index (χ3n) is 6.24. The van der Waals surface area contributed by atoms with Crippen LogP contribution in [0.15, 0.2) is 42.5 Å². The number of likely N-dealkylation sites (tertiary alicyclic amines) is 1. The van der Waals surface area contributed by atoms with E-state index in [-0.39, 0.29) is 24.4 Å². The van der Waals surface area contributed by atoms with Crippen LogP contribution in [0.2, 0.25) is 5.02 Å². The van der Waals surface area contributed by atoms with E-state index in [4.69, 9.17) is 21.5 Å². The highest BCUT2D eigenvalue weighted by Gasteiger charge is 2.38. The smallest absolute Gasteiger partial charge is 0.475 e. The zero-order chi connectivity index (χ0) is 28.1. The maximum Gasteiger partial charge on any atom is 0.490 e. The standard InChI is InChI=1S/C22H26ClF3N4O.C2HF3O2/c23-16-6-4-15(5-7-16)12-29-10-8-17(9-11-29)27-18-13-30(14-19(18)31)21-3-1-2-20(28-21)22(24,25)26;3-2(4,5)1(6)7/h1-7,17-19,27,31H,8-14H2;(H,6,7)/t18-,19-;/m1./s1. The van der Waals surface area contributed by atoms with E-state index in [1.54, 1.807) is 11.0 Å². The first kappa shape index (κ1) is 29.9. The summed E-state index contributed by atoms with van der Waals surface area (Å²) in [5.41, 5.74) is 0.315. The number of pyridine rings is 1. The van der Waals surface area contributed by atoms with Crippen LogP contribution in [-0.4, -0.2) is 76.6 Å². The Morgan fingerprint density at radius 1 is 1.03 bits per heavy atom. The van der Waals surface area contributed by atoms with Crippen molar-refractivity contribution in [2.75, 3.05) is 31.1 Å². The molecule has 2 fully saturated rings. The van der Waals surface area contributed by atoms with Gasteiger partial charge in [-0.15, -0.1) is 0 Å². The van der Waals surface area contributed by atoms with Crippen molar-refractivity contribution in [3.63, 3.8) is 0 Å². The SMILES string of the molecule is O=C(O)C(F)(F)F.O[C@@H]1CN(c2cccc(C(F)(F)F)n2)C[C@H]1NC1CCN(Cc2ccc(Cl)cc2)CC1. The number of aliphatic hydroxyl groups excluding tert-OH is 1. The predicted octanol–water partition coefficient (Wildman–Crippen LogP) is 4.19. The number of nitrogens with zero attached hydrogens (tertiary/aromatic N) is 3. The second-order valence-electron chi connectivity index (χ2n) is 9.10. The Morgan fingerprint density at radius 2 is 1.63 bits per heavy atom. The molecule has 2 aliphatic rings. The van der Waals surface area contributed by atoms with Gasteiger partial charge in [-0.3, -0.25) is 4.90 Å². The summed E-state index contributed by atoms with van der Waals surface area (Å²) in [5, 5.41) is 21.9. The van der Waals surface area contributed by atoms with Crippen molar-refractivity contribution in [1.29, 1.82) is 0 Å². The molecule has 0 bridgehead atoms. The molecule has 3 heterocycles. The number of piperidine rings is 1. The van der Waals surface area contributed by atoms with Gasteiger partial charge in [0, 0.05) is 30.7 Å². The number of carboxylic acid groups (broad SMARTS) is 1. The lowest BCUT2D eigenvalue weighted by molar-refractivity contribution is -0.192. The molecule has 0 amide bonds. The Morgan fingerprint density at radius 3 is 2.18 bits per heavy atom. The van der Waals surface area contributed by atoms with Gasteiger partial charge in [0.1, 0.15) is 11.5 Å². The van der Waals surface area contributed by atoms with E-state index in [1.807, 2.05) is 24.3 Å². The van der Waals surface area contributed by atoms with Crippen molar-refractivity contribution in [2.45, 2.75) is 49.9 Å². The van der Waals surface area contributed by atoms with Gasteiger partial charge < -0.3 is 20.4 Å². The van der Waals surface area contributed by atoms with Gasteiger partial charge in [-0.05, 0) is 55.8 Å². The monoisotopic (exact) mass is 568 g/mol. The molecule has 210 valence electrons. The molecule has 0 aliphatic carbocycles. The summed E-state index contributed by atoms with van der Waals surface area (Å²) in [6.07, 6.45) is -8.30. The third kappa shape index (κ3) is 8.72. The lowest BCUT2D eigenvalue weighted by atomic mass is 10.0. The molecule has 0 radical (unpaired) electrons. The summed E-state index contributed by atoms with van der Waals surface area (Å²) in [5.74, 6) is -2.51. The molecule has 0 saturated carbocycles.